The maximum atomic E-state index is 13.2. The van der Waals surface area contributed by atoms with Gasteiger partial charge in [-0.1, -0.05) is 61.8 Å². The van der Waals surface area contributed by atoms with Gasteiger partial charge in [0.2, 0.25) is 0 Å². The van der Waals surface area contributed by atoms with Crippen molar-refractivity contribution in [2.24, 2.45) is 0 Å². The normalized spacial score (nSPS) is 12.7. The summed E-state index contributed by atoms with van der Waals surface area (Å²) in [6.45, 7) is 4.22. The highest BCUT2D eigenvalue weighted by Gasteiger charge is 2.22. The molecule has 168 valence electrons. The van der Waals surface area contributed by atoms with Gasteiger partial charge in [-0.2, -0.15) is 0 Å². The van der Waals surface area contributed by atoms with E-state index in [9.17, 15) is 4.79 Å². The van der Waals surface area contributed by atoms with Crippen molar-refractivity contribution in [3.63, 3.8) is 0 Å². The number of hydrogen-bond donors (Lipinski definition) is 2. The molecule has 1 aromatic heterocycles. The van der Waals surface area contributed by atoms with Crippen LogP contribution in [-0.4, -0.2) is 6.03 Å². The number of urea groups is 1. The lowest BCUT2D eigenvalue weighted by atomic mass is 10.0. The van der Waals surface area contributed by atoms with E-state index in [0.717, 1.165) is 64.0 Å². The van der Waals surface area contributed by atoms with Gasteiger partial charge in [0.15, 0.2) is 0 Å². The predicted octanol–water partition coefficient (Wildman–Crippen LogP) is 8.48. The average Bonchev–Trinajstić information content (AvgIpc) is 3.41. The van der Waals surface area contributed by atoms with Crippen LogP contribution >= 0.6 is 22.9 Å². The Kier molecular flexibility index (Phi) is 6.13. The Bertz CT molecular complexity index is 1340. The SMILES string of the molecule is CCc1cccc(CC)c1NC(=O)Nc1sc2cc3c(cc2c1-c1ccccc1Cl)CCC3. The molecule has 0 fully saturated rings. The fourth-order valence-electron chi connectivity index (χ4n) is 4.83. The Morgan fingerprint density at radius 3 is 2.33 bits per heavy atom. The monoisotopic (exact) mass is 474 g/mol. The van der Waals surface area contributed by atoms with Crippen LogP contribution < -0.4 is 10.6 Å². The summed E-state index contributed by atoms with van der Waals surface area (Å²) in [6, 6.07) is 18.4. The van der Waals surface area contributed by atoms with Gasteiger partial charge < -0.3 is 5.32 Å². The third kappa shape index (κ3) is 4.14. The zero-order valence-corrected chi connectivity index (χ0v) is 20.5. The Morgan fingerprint density at radius 1 is 0.939 bits per heavy atom. The van der Waals surface area contributed by atoms with Gasteiger partial charge in [-0.05, 0) is 72.6 Å². The summed E-state index contributed by atoms with van der Waals surface area (Å²) in [7, 11) is 0. The highest BCUT2D eigenvalue weighted by Crippen LogP contribution is 2.46. The average molecular weight is 475 g/mol. The summed E-state index contributed by atoms with van der Waals surface area (Å²) in [5.41, 5.74) is 7.99. The highest BCUT2D eigenvalue weighted by molar-refractivity contribution is 7.23. The molecule has 2 N–H and O–H groups in total. The fourth-order valence-corrected chi connectivity index (χ4v) is 6.22. The lowest BCUT2D eigenvalue weighted by Gasteiger charge is -2.15. The van der Waals surface area contributed by atoms with E-state index in [1.54, 1.807) is 11.3 Å². The van der Waals surface area contributed by atoms with Gasteiger partial charge >= 0.3 is 6.03 Å². The van der Waals surface area contributed by atoms with E-state index in [0.29, 0.717) is 5.02 Å². The molecular weight excluding hydrogens is 448 g/mol. The van der Waals surface area contributed by atoms with Gasteiger partial charge in [-0.3, -0.25) is 5.32 Å². The first kappa shape index (κ1) is 22.0. The number of amides is 2. The number of aryl methyl sites for hydroxylation is 4. The summed E-state index contributed by atoms with van der Waals surface area (Å²) in [5.74, 6) is 0. The number of thiophene rings is 1. The largest absolute Gasteiger partial charge is 0.324 e. The van der Waals surface area contributed by atoms with Gasteiger partial charge in [-0.25, -0.2) is 4.79 Å². The first-order chi connectivity index (χ1) is 16.1. The zero-order chi connectivity index (χ0) is 22.9. The van der Waals surface area contributed by atoms with E-state index in [2.05, 4.69) is 54.8 Å². The van der Waals surface area contributed by atoms with Crippen LogP contribution in [0.5, 0.6) is 0 Å². The molecule has 0 spiro atoms. The zero-order valence-electron chi connectivity index (χ0n) is 18.9. The van der Waals surface area contributed by atoms with E-state index in [4.69, 9.17) is 11.6 Å². The summed E-state index contributed by atoms with van der Waals surface area (Å²) in [5, 5.41) is 8.97. The molecule has 0 aliphatic heterocycles. The van der Waals surface area contributed by atoms with E-state index in [1.807, 2.05) is 24.3 Å². The second kappa shape index (κ2) is 9.20. The number of benzene rings is 3. The number of anilines is 2. The molecule has 4 aromatic rings. The molecule has 2 amide bonds. The molecular formula is C28H27ClN2OS. The van der Waals surface area contributed by atoms with Gasteiger partial charge in [0, 0.05) is 31.9 Å². The molecule has 3 nitrogen and oxygen atoms in total. The molecule has 0 unspecified atom stereocenters. The van der Waals surface area contributed by atoms with Crippen molar-refractivity contribution >= 4 is 49.7 Å². The number of halogens is 1. The molecule has 1 aliphatic carbocycles. The van der Waals surface area contributed by atoms with Crippen molar-refractivity contribution < 1.29 is 4.79 Å². The summed E-state index contributed by atoms with van der Waals surface area (Å²) >= 11 is 8.25. The topological polar surface area (TPSA) is 41.1 Å². The molecule has 0 saturated carbocycles. The first-order valence-corrected chi connectivity index (χ1v) is 12.8. The molecule has 0 bridgehead atoms. The molecule has 3 aromatic carbocycles. The third-order valence-corrected chi connectivity index (χ3v) is 7.91. The van der Waals surface area contributed by atoms with E-state index in [-0.39, 0.29) is 6.03 Å². The third-order valence-electron chi connectivity index (χ3n) is 6.51. The number of hydrogen-bond acceptors (Lipinski definition) is 2. The summed E-state index contributed by atoms with van der Waals surface area (Å²) in [6.07, 6.45) is 5.17. The second-order valence-corrected chi connectivity index (χ2v) is 9.95. The minimum Gasteiger partial charge on any atom is -0.307 e. The Hall–Kier alpha value is -2.82. The molecule has 5 rings (SSSR count). The van der Waals surface area contributed by atoms with Crippen molar-refractivity contribution in [2.45, 2.75) is 46.0 Å². The number of para-hydroxylation sites is 1. The van der Waals surface area contributed by atoms with Crippen molar-refractivity contribution in [2.75, 3.05) is 10.6 Å². The van der Waals surface area contributed by atoms with Gasteiger partial charge in [0.25, 0.3) is 0 Å². The lowest BCUT2D eigenvalue weighted by Crippen LogP contribution is -2.21. The van der Waals surface area contributed by atoms with E-state index >= 15 is 0 Å². The molecule has 1 heterocycles. The second-order valence-electron chi connectivity index (χ2n) is 8.49. The summed E-state index contributed by atoms with van der Waals surface area (Å²) < 4.78 is 1.18. The van der Waals surface area contributed by atoms with Crippen molar-refractivity contribution in [3.05, 3.63) is 81.9 Å². The molecule has 0 radical (unpaired) electrons. The lowest BCUT2D eigenvalue weighted by molar-refractivity contribution is 0.262. The van der Waals surface area contributed by atoms with Crippen LogP contribution in [-0.2, 0) is 25.7 Å². The van der Waals surface area contributed by atoms with Crippen molar-refractivity contribution in [3.8, 4) is 11.1 Å². The maximum absolute atomic E-state index is 13.2. The van der Waals surface area contributed by atoms with E-state index < -0.39 is 0 Å². The van der Waals surface area contributed by atoms with Gasteiger partial charge in [-0.15, -0.1) is 11.3 Å². The number of rotatable bonds is 5. The van der Waals surface area contributed by atoms with E-state index in [1.165, 1.54) is 22.2 Å². The van der Waals surface area contributed by atoms with Crippen LogP contribution in [0.1, 0.15) is 42.5 Å². The minimum atomic E-state index is -0.224. The van der Waals surface area contributed by atoms with Crippen LogP contribution in [0.4, 0.5) is 15.5 Å². The molecule has 5 heteroatoms. The van der Waals surface area contributed by atoms with Crippen LogP contribution in [0, 0.1) is 0 Å². The molecule has 0 saturated heterocycles. The molecule has 1 aliphatic rings. The number of fused-ring (bicyclic) bond motifs is 2. The highest BCUT2D eigenvalue weighted by atomic mass is 35.5. The predicted molar refractivity (Wildman–Crippen MR) is 142 cm³/mol. The Morgan fingerprint density at radius 2 is 1.64 bits per heavy atom. The van der Waals surface area contributed by atoms with Crippen LogP contribution in [0.3, 0.4) is 0 Å². The number of carbonyl (C=O) groups excluding carboxylic acids is 1. The maximum Gasteiger partial charge on any atom is 0.324 e. The van der Waals surface area contributed by atoms with Crippen LogP contribution in [0.2, 0.25) is 5.02 Å². The Labute approximate surface area is 203 Å². The van der Waals surface area contributed by atoms with Crippen LogP contribution in [0.15, 0.2) is 54.6 Å². The fraction of sp³-hybridized carbons (Fsp3) is 0.250. The van der Waals surface area contributed by atoms with Gasteiger partial charge in [0.05, 0.1) is 0 Å². The molecule has 0 atom stereocenters. The number of nitrogens with one attached hydrogen (secondary N) is 2. The van der Waals surface area contributed by atoms with Crippen molar-refractivity contribution in [1.82, 2.24) is 0 Å². The van der Waals surface area contributed by atoms with Crippen LogP contribution in [0.25, 0.3) is 21.2 Å². The molecule has 33 heavy (non-hydrogen) atoms. The first-order valence-electron chi connectivity index (χ1n) is 11.6. The van der Waals surface area contributed by atoms with Crippen molar-refractivity contribution in [1.29, 1.82) is 0 Å². The quantitative estimate of drug-likeness (QED) is 0.299. The Balaban J connectivity index is 1.57. The standard InChI is InChI=1S/C28H27ClN2OS/c1-3-17-9-7-10-18(4-2)26(17)30-28(32)31-27-25(21-13-5-6-14-23(21)29)22-15-19-11-8-12-20(19)16-24(22)33-27/h5-7,9-10,13-16H,3-4,8,11-12H2,1-2H3,(H2,30,31,32). The summed E-state index contributed by atoms with van der Waals surface area (Å²) in [4.78, 5) is 13.2. The van der Waals surface area contributed by atoms with Gasteiger partial charge in [0.1, 0.15) is 5.00 Å². The smallest absolute Gasteiger partial charge is 0.307 e. The minimum absolute atomic E-state index is 0.224. The number of carbonyl (C=O) groups is 1.